The zero-order chi connectivity index (χ0) is 22.7. The average Bonchev–Trinajstić information content (AvgIpc) is 3.46. The number of rotatable bonds is 8. The number of carbonyl (C=O) groups is 1. The molecule has 6 nitrogen and oxygen atoms in total. The molecule has 0 spiro atoms. The number of thioether (sulfide) groups is 1. The summed E-state index contributed by atoms with van der Waals surface area (Å²) in [4.78, 5) is 12.8. The van der Waals surface area contributed by atoms with E-state index < -0.39 is 16.9 Å². The Balaban J connectivity index is 1.66. The fraction of sp³-hybridized carbons (Fsp3) is 0.174. The van der Waals surface area contributed by atoms with Gasteiger partial charge in [-0.2, -0.15) is 0 Å². The van der Waals surface area contributed by atoms with Gasteiger partial charge in [0.15, 0.2) is 28.4 Å². The van der Waals surface area contributed by atoms with E-state index in [-0.39, 0.29) is 11.3 Å². The van der Waals surface area contributed by atoms with Crippen molar-refractivity contribution in [3.63, 3.8) is 0 Å². The second-order valence-corrected chi connectivity index (χ2v) is 8.26. The van der Waals surface area contributed by atoms with Gasteiger partial charge in [0.1, 0.15) is 11.5 Å². The van der Waals surface area contributed by atoms with E-state index in [4.69, 9.17) is 9.15 Å². The van der Waals surface area contributed by atoms with Gasteiger partial charge in [0.05, 0.1) is 25.2 Å². The summed E-state index contributed by atoms with van der Waals surface area (Å²) in [5, 5.41) is 8.49. The van der Waals surface area contributed by atoms with Crippen LogP contribution in [0.5, 0.6) is 5.75 Å². The molecule has 0 aliphatic heterocycles. The highest BCUT2D eigenvalue weighted by Gasteiger charge is 2.23. The van der Waals surface area contributed by atoms with Crippen LogP contribution in [0.4, 0.5) is 8.78 Å². The van der Waals surface area contributed by atoms with E-state index in [2.05, 4.69) is 10.2 Å². The third-order valence-electron chi connectivity index (χ3n) is 4.79. The first-order chi connectivity index (χ1) is 15.5. The molecule has 2 heterocycles. The van der Waals surface area contributed by atoms with E-state index in [1.165, 1.54) is 17.8 Å². The van der Waals surface area contributed by atoms with Crippen molar-refractivity contribution >= 4 is 17.5 Å². The standard InChI is InChI=1S/C23H19F2N3O3S/c1-14(21(29)15-8-9-19(24)20(25)12-15)32-23-27-26-22(16-5-3-6-17(11-16)30-2)28(23)13-18-7-4-10-31-18/h3-12,14H,13H2,1-2H3. The number of halogens is 2. The van der Waals surface area contributed by atoms with Crippen molar-refractivity contribution in [2.24, 2.45) is 0 Å². The van der Waals surface area contributed by atoms with Gasteiger partial charge in [-0.25, -0.2) is 8.78 Å². The molecule has 0 aliphatic rings. The zero-order valence-corrected chi connectivity index (χ0v) is 18.1. The van der Waals surface area contributed by atoms with Crippen LogP contribution in [-0.4, -0.2) is 32.9 Å². The predicted molar refractivity (Wildman–Crippen MR) is 116 cm³/mol. The topological polar surface area (TPSA) is 70.2 Å². The number of furan rings is 1. The number of hydrogen-bond donors (Lipinski definition) is 0. The van der Waals surface area contributed by atoms with Gasteiger partial charge in [-0.05, 0) is 49.4 Å². The summed E-state index contributed by atoms with van der Waals surface area (Å²) in [5.74, 6) is -0.460. The number of ether oxygens (including phenoxy) is 1. The molecule has 0 fully saturated rings. The highest BCUT2D eigenvalue weighted by Crippen LogP contribution is 2.30. The third-order valence-corrected chi connectivity index (χ3v) is 5.87. The van der Waals surface area contributed by atoms with Crippen molar-refractivity contribution in [3.05, 3.63) is 83.8 Å². The van der Waals surface area contributed by atoms with Crippen LogP contribution in [0.15, 0.2) is 70.4 Å². The molecule has 1 unspecified atom stereocenters. The number of ketones is 1. The Bertz CT molecular complexity index is 1240. The molecule has 0 saturated heterocycles. The molecule has 0 radical (unpaired) electrons. The molecule has 1 atom stereocenters. The second-order valence-electron chi connectivity index (χ2n) is 6.96. The molecule has 9 heteroatoms. The lowest BCUT2D eigenvalue weighted by Crippen LogP contribution is -2.15. The molecule has 32 heavy (non-hydrogen) atoms. The van der Waals surface area contributed by atoms with E-state index in [9.17, 15) is 13.6 Å². The van der Waals surface area contributed by atoms with Gasteiger partial charge in [0.25, 0.3) is 0 Å². The first-order valence-corrected chi connectivity index (χ1v) is 10.6. The van der Waals surface area contributed by atoms with Crippen LogP contribution < -0.4 is 4.74 Å². The lowest BCUT2D eigenvalue weighted by molar-refractivity contribution is 0.0993. The normalized spacial score (nSPS) is 12.0. The molecule has 2 aromatic heterocycles. The molecular formula is C23H19F2N3O3S. The summed E-state index contributed by atoms with van der Waals surface area (Å²) < 4.78 is 39.4. The van der Waals surface area contributed by atoms with Crippen LogP contribution >= 0.6 is 11.8 Å². The van der Waals surface area contributed by atoms with Gasteiger partial charge in [-0.3, -0.25) is 9.36 Å². The third kappa shape index (κ3) is 4.57. The average molecular weight is 455 g/mol. The Morgan fingerprint density at radius 1 is 1.12 bits per heavy atom. The molecule has 0 bridgehead atoms. The maximum Gasteiger partial charge on any atom is 0.192 e. The molecule has 0 N–H and O–H groups in total. The number of benzene rings is 2. The molecule has 0 amide bonds. The van der Waals surface area contributed by atoms with Gasteiger partial charge in [0, 0.05) is 11.1 Å². The van der Waals surface area contributed by atoms with E-state index in [1.54, 1.807) is 26.4 Å². The largest absolute Gasteiger partial charge is 0.497 e. The van der Waals surface area contributed by atoms with Gasteiger partial charge in [0.2, 0.25) is 0 Å². The summed E-state index contributed by atoms with van der Waals surface area (Å²) >= 11 is 1.18. The smallest absolute Gasteiger partial charge is 0.192 e. The second kappa shape index (κ2) is 9.35. The highest BCUT2D eigenvalue weighted by molar-refractivity contribution is 8.00. The molecule has 0 aliphatic carbocycles. The number of nitrogens with zero attached hydrogens (tertiary/aromatic N) is 3. The first-order valence-electron chi connectivity index (χ1n) is 9.72. The van der Waals surface area contributed by atoms with Crippen molar-refractivity contribution in [2.75, 3.05) is 7.11 Å². The maximum atomic E-state index is 13.6. The maximum absolute atomic E-state index is 13.6. The Labute approximate surface area is 187 Å². The van der Waals surface area contributed by atoms with Crippen LogP contribution in [0.3, 0.4) is 0 Å². The van der Waals surface area contributed by atoms with Crippen LogP contribution in [0.1, 0.15) is 23.0 Å². The number of Topliss-reactive ketones (excluding diaryl/α,β-unsaturated/α-hetero) is 1. The number of methoxy groups -OCH3 is 1. The van der Waals surface area contributed by atoms with Crippen molar-refractivity contribution in [2.45, 2.75) is 23.9 Å². The number of hydrogen-bond acceptors (Lipinski definition) is 6. The molecule has 164 valence electrons. The zero-order valence-electron chi connectivity index (χ0n) is 17.3. The van der Waals surface area contributed by atoms with Crippen LogP contribution in [-0.2, 0) is 6.54 Å². The number of carbonyl (C=O) groups excluding carboxylic acids is 1. The minimum atomic E-state index is -1.06. The van der Waals surface area contributed by atoms with Gasteiger partial charge in [-0.15, -0.1) is 10.2 Å². The van der Waals surface area contributed by atoms with Crippen LogP contribution in [0.25, 0.3) is 11.4 Å². The summed E-state index contributed by atoms with van der Waals surface area (Å²) in [6, 6.07) is 14.1. The minimum absolute atomic E-state index is 0.0917. The van der Waals surface area contributed by atoms with E-state index in [0.717, 1.165) is 17.7 Å². The SMILES string of the molecule is COc1cccc(-c2nnc(SC(C)C(=O)c3ccc(F)c(F)c3)n2Cc2ccco2)c1. The van der Waals surface area contributed by atoms with Gasteiger partial charge < -0.3 is 9.15 Å². The first kappa shape index (κ1) is 21.8. The molecule has 4 rings (SSSR count). The summed E-state index contributed by atoms with van der Waals surface area (Å²) in [7, 11) is 1.58. The predicted octanol–water partition coefficient (Wildman–Crippen LogP) is 5.24. The fourth-order valence-electron chi connectivity index (χ4n) is 3.15. The monoisotopic (exact) mass is 455 g/mol. The van der Waals surface area contributed by atoms with Gasteiger partial charge >= 0.3 is 0 Å². The molecule has 2 aromatic carbocycles. The summed E-state index contributed by atoms with van der Waals surface area (Å²) in [5.41, 5.74) is 0.879. The quantitative estimate of drug-likeness (QED) is 0.267. The molecular weight excluding hydrogens is 436 g/mol. The van der Waals surface area contributed by atoms with Crippen molar-refractivity contribution in [3.8, 4) is 17.1 Å². The molecule has 4 aromatic rings. The fourth-order valence-corrected chi connectivity index (χ4v) is 4.07. The van der Waals surface area contributed by atoms with Crippen LogP contribution in [0.2, 0.25) is 0 Å². The Hall–Kier alpha value is -3.46. The van der Waals surface area contributed by atoms with Gasteiger partial charge in [-0.1, -0.05) is 23.9 Å². The summed E-state index contributed by atoms with van der Waals surface area (Å²) in [6.07, 6.45) is 1.58. The van der Waals surface area contributed by atoms with E-state index >= 15 is 0 Å². The van der Waals surface area contributed by atoms with E-state index in [1.807, 2.05) is 34.9 Å². The Kier molecular flexibility index (Phi) is 6.36. The van der Waals surface area contributed by atoms with Crippen molar-refractivity contribution in [1.82, 2.24) is 14.8 Å². The lowest BCUT2D eigenvalue weighted by atomic mass is 10.1. The molecule has 0 saturated carbocycles. The highest BCUT2D eigenvalue weighted by atomic mass is 32.2. The summed E-state index contributed by atoms with van der Waals surface area (Å²) in [6.45, 7) is 2.03. The van der Waals surface area contributed by atoms with Crippen LogP contribution in [0, 0.1) is 11.6 Å². The Morgan fingerprint density at radius 3 is 2.69 bits per heavy atom. The van der Waals surface area contributed by atoms with E-state index in [0.29, 0.717) is 29.0 Å². The lowest BCUT2D eigenvalue weighted by Gasteiger charge is -2.13. The van der Waals surface area contributed by atoms with Crippen molar-refractivity contribution in [1.29, 1.82) is 0 Å². The Morgan fingerprint density at radius 2 is 1.97 bits per heavy atom. The van der Waals surface area contributed by atoms with Crippen molar-refractivity contribution < 1.29 is 22.7 Å². The number of aromatic nitrogens is 3. The minimum Gasteiger partial charge on any atom is -0.497 e.